The standard InChI is InChI=1S/C7H12O2S/c1-4-7(6(3)8)10(9)5-2/h4H,5H2,1-3H3/b7-4+. The highest BCUT2D eigenvalue weighted by atomic mass is 32.2. The summed E-state index contributed by atoms with van der Waals surface area (Å²) in [5.74, 6) is 0.418. The Morgan fingerprint density at radius 3 is 2.30 bits per heavy atom. The lowest BCUT2D eigenvalue weighted by atomic mass is 10.4. The van der Waals surface area contributed by atoms with E-state index in [9.17, 15) is 9.35 Å². The van der Waals surface area contributed by atoms with E-state index in [0.29, 0.717) is 10.7 Å². The predicted octanol–water partition coefficient (Wildman–Crippen LogP) is 1.25. The molecule has 0 rings (SSSR count). The Morgan fingerprint density at radius 2 is 2.20 bits per heavy atom. The molecule has 0 fully saturated rings. The maximum absolute atomic E-state index is 11.0. The third-order valence-corrected chi connectivity index (χ3v) is 2.65. The first-order valence-electron chi connectivity index (χ1n) is 3.19. The third-order valence-electron chi connectivity index (χ3n) is 1.12. The molecule has 0 bridgehead atoms. The molecule has 0 aliphatic heterocycles. The molecule has 0 aliphatic rings. The van der Waals surface area contributed by atoms with Crippen LogP contribution in [0, 0.1) is 0 Å². The molecule has 1 unspecified atom stereocenters. The van der Waals surface area contributed by atoms with Crippen LogP contribution in [0.3, 0.4) is 0 Å². The first kappa shape index (κ1) is 9.72. The Morgan fingerprint density at radius 1 is 1.70 bits per heavy atom. The van der Waals surface area contributed by atoms with Gasteiger partial charge in [0.15, 0.2) is 4.91 Å². The zero-order valence-electron chi connectivity index (χ0n) is 6.51. The van der Waals surface area contributed by atoms with Gasteiger partial charge in [-0.25, -0.2) is 0 Å². The van der Waals surface area contributed by atoms with Crippen molar-refractivity contribution >= 4 is 17.0 Å². The summed E-state index contributed by atoms with van der Waals surface area (Å²) >= 11 is -1.08. The first-order chi connectivity index (χ1) is 4.63. The van der Waals surface area contributed by atoms with Gasteiger partial charge in [0.1, 0.15) is 5.75 Å². The molecule has 0 saturated heterocycles. The van der Waals surface area contributed by atoms with Crippen molar-refractivity contribution in [1.82, 2.24) is 0 Å². The predicted molar refractivity (Wildman–Crippen MR) is 43.1 cm³/mol. The number of rotatable bonds is 3. The average Bonchev–Trinajstić information content (AvgIpc) is 1.88. The zero-order valence-corrected chi connectivity index (χ0v) is 7.33. The van der Waals surface area contributed by atoms with E-state index in [1.54, 1.807) is 19.9 Å². The van der Waals surface area contributed by atoms with Crippen molar-refractivity contribution in [1.29, 1.82) is 0 Å². The van der Waals surface area contributed by atoms with Crippen molar-refractivity contribution in [2.45, 2.75) is 20.8 Å². The summed E-state index contributed by atoms with van der Waals surface area (Å²) < 4.78 is 11.0. The zero-order chi connectivity index (χ0) is 8.15. The van der Waals surface area contributed by atoms with Crippen LogP contribution in [-0.4, -0.2) is 16.1 Å². The summed E-state index contributed by atoms with van der Waals surface area (Å²) in [7, 11) is 0. The Hall–Kier alpha value is -0.280. The van der Waals surface area contributed by atoms with Gasteiger partial charge in [-0.1, -0.05) is 0 Å². The number of hydrogen-bond donors (Lipinski definition) is 0. The third kappa shape index (κ3) is 2.54. The molecule has 0 spiro atoms. The maximum atomic E-state index is 11.0. The van der Waals surface area contributed by atoms with E-state index in [2.05, 4.69) is 0 Å². The van der Waals surface area contributed by atoms with E-state index in [1.807, 2.05) is 0 Å². The van der Waals surface area contributed by atoms with Crippen molar-refractivity contribution in [3.63, 3.8) is 0 Å². The second-order valence-corrected chi connectivity index (χ2v) is 3.55. The minimum absolute atomic E-state index is 0.0947. The van der Waals surface area contributed by atoms with E-state index >= 15 is 0 Å². The highest BCUT2D eigenvalue weighted by Gasteiger charge is 2.15. The van der Waals surface area contributed by atoms with Gasteiger partial charge in [-0.2, -0.15) is 0 Å². The van der Waals surface area contributed by atoms with Crippen LogP contribution in [0.1, 0.15) is 20.8 Å². The molecule has 2 nitrogen and oxygen atoms in total. The number of ketones is 1. The van der Waals surface area contributed by atoms with Crippen molar-refractivity contribution in [2.75, 3.05) is 5.75 Å². The summed E-state index contributed by atoms with van der Waals surface area (Å²) in [6.07, 6.45) is 1.61. The molecule has 0 saturated carbocycles. The molecule has 0 aromatic carbocycles. The van der Waals surface area contributed by atoms with E-state index < -0.39 is 11.2 Å². The molecule has 1 atom stereocenters. The summed E-state index contributed by atoms with van der Waals surface area (Å²) in [6.45, 7) is 4.95. The van der Waals surface area contributed by atoms with Crippen molar-refractivity contribution in [3.8, 4) is 0 Å². The van der Waals surface area contributed by atoms with Crippen LogP contribution in [-0.2, 0) is 16.0 Å². The Kier molecular flexibility index (Phi) is 4.40. The second kappa shape index (κ2) is 4.52. The first-order valence-corrected chi connectivity index (χ1v) is 4.51. The van der Waals surface area contributed by atoms with Gasteiger partial charge in [0.05, 0.1) is 0 Å². The van der Waals surface area contributed by atoms with Crippen molar-refractivity contribution in [2.24, 2.45) is 0 Å². The molecule has 0 radical (unpaired) electrons. The maximum Gasteiger partial charge on any atom is 0.206 e. The fourth-order valence-corrected chi connectivity index (χ4v) is 1.55. The average molecular weight is 160 g/mol. The van der Waals surface area contributed by atoms with E-state index in [0.717, 1.165) is 0 Å². The number of allylic oxidation sites excluding steroid dienone is 2. The van der Waals surface area contributed by atoms with Crippen LogP contribution in [0.4, 0.5) is 0 Å². The van der Waals surface area contributed by atoms with Crippen molar-refractivity contribution in [3.05, 3.63) is 11.0 Å². The summed E-state index contributed by atoms with van der Waals surface area (Å²) in [4.78, 5) is 11.1. The molecule has 0 aromatic heterocycles. The topological polar surface area (TPSA) is 40.1 Å². The molecule has 3 heteroatoms. The molecule has 0 heterocycles. The Labute approximate surface area is 64.5 Å². The fraction of sp³-hybridized carbons (Fsp3) is 0.571. The second-order valence-electron chi connectivity index (χ2n) is 1.84. The molecular weight excluding hydrogens is 148 g/mol. The van der Waals surface area contributed by atoms with Crippen molar-refractivity contribution < 1.29 is 9.35 Å². The molecule has 0 aromatic rings. The molecule has 0 aliphatic carbocycles. The highest BCUT2D eigenvalue weighted by Crippen LogP contribution is 2.07. The largest absolute Gasteiger partial charge is 0.611 e. The SMILES string of the molecule is C/C=C(\C(C)=O)[S+]([O-])CC. The van der Waals surface area contributed by atoms with E-state index in [4.69, 9.17) is 0 Å². The number of Topliss-reactive ketones (excluding diaryl/α,β-unsaturated/α-hetero) is 1. The van der Waals surface area contributed by atoms with Crippen LogP contribution in [0.15, 0.2) is 11.0 Å². The van der Waals surface area contributed by atoms with Gasteiger partial charge in [-0.15, -0.1) is 0 Å². The molecule has 0 N–H and O–H groups in total. The summed E-state index contributed by atoms with van der Waals surface area (Å²) in [5, 5.41) is 0. The van der Waals surface area contributed by atoms with Crippen LogP contribution in [0.25, 0.3) is 0 Å². The molecule has 0 amide bonds. The Balaban J connectivity index is 4.23. The normalized spacial score (nSPS) is 15.0. The van der Waals surface area contributed by atoms with Gasteiger partial charge >= 0.3 is 0 Å². The van der Waals surface area contributed by atoms with Gasteiger partial charge in [-0.05, 0) is 31.1 Å². The lowest BCUT2D eigenvalue weighted by Gasteiger charge is -2.07. The number of hydrogen-bond acceptors (Lipinski definition) is 2. The monoisotopic (exact) mass is 160 g/mol. The summed E-state index contributed by atoms with van der Waals surface area (Å²) in [6, 6.07) is 0. The van der Waals surface area contributed by atoms with Crippen LogP contribution in [0.2, 0.25) is 0 Å². The Bertz CT molecular complexity index is 152. The van der Waals surface area contributed by atoms with Crippen LogP contribution in [0.5, 0.6) is 0 Å². The molecular formula is C7H12O2S. The quantitative estimate of drug-likeness (QED) is 0.460. The fourth-order valence-electron chi connectivity index (χ4n) is 0.651. The van der Waals surface area contributed by atoms with Crippen LogP contribution >= 0.6 is 0 Å². The number of carbonyl (C=O) groups excluding carboxylic acids is 1. The van der Waals surface area contributed by atoms with E-state index in [-0.39, 0.29) is 5.78 Å². The number of carbonyl (C=O) groups is 1. The minimum Gasteiger partial charge on any atom is -0.611 e. The summed E-state index contributed by atoms with van der Waals surface area (Å²) in [5.41, 5.74) is 0. The van der Waals surface area contributed by atoms with Gasteiger partial charge in [0, 0.05) is 6.92 Å². The van der Waals surface area contributed by atoms with Gasteiger partial charge in [0.25, 0.3) is 0 Å². The highest BCUT2D eigenvalue weighted by molar-refractivity contribution is 7.96. The molecule has 58 valence electrons. The van der Waals surface area contributed by atoms with Gasteiger partial charge < -0.3 is 4.55 Å². The lowest BCUT2D eigenvalue weighted by Crippen LogP contribution is -2.12. The smallest absolute Gasteiger partial charge is 0.206 e. The van der Waals surface area contributed by atoms with Gasteiger partial charge in [-0.3, -0.25) is 4.79 Å². The van der Waals surface area contributed by atoms with Gasteiger partial charge in [0.2, 0.25) is 5.78 Å². The van der Waals surface area contributed by atoms with Crippen LogP contribution < -0.4 is 0 Å². The molecule has 10 heavy (non-hydrogen) atoms. The minimum atomic E-state index is -1.08. The lowest BCUT2D eigenvalue weighted by molar-refractivity contribution is -0.113. The van der Waals surface area contributed by atoms with E-state index in [1.165, 1.54) is 6.92 Å².